The highest BCUT2D eigenvalue weighted by Gasteiger charge is 2.41. The minimum Gasteiger partial charge on any atom is -0.469 e. The van der Waals surface area contributed by atoms with Gasteiger partial charge >= 0.3 is 5.97 Å². The molecule has 68 valence electrons. The second kappa shape index (κ2) is 3.05. The van der Waals surface area contributed by atoms with Crippen LogP contribution in [0.15, 0.2) is 0 Å². The third-order valence-corrected chi connectivity index (χ3v) is 2.89. The van der Waals surface area contributed by atoms with Gasteiger partial charge in [0.05, 0.1) is 25.7 Å². The van der Waals surface area contributed by atoms with Crippen molar-refractivity contribution in [2.24, 2.45) is 5.92 Å². The van der Waals surface area contributed by atoms with Crippen molar-refractivity contribution in [3.8, 4) is 0 Å². The van der Waals surface area contributed by atoms with Gasteiger partial charge in [0.2, 0.25) is 0 Å². The molecule has 0 spiro atoms. The lowest BCUT2D eigenvalue weighted by Crippen LogP contribution is -2.20. The van der Waals surface area contributed by atoms with Crippen LogP contribution < -0.4 is 0 Å². The number of fused-ring (bicyclic) bond motifs is 2. The molecule has 3 nitrogen and oxygen atoms in total. The molecule has 1 unspecified atom stereocenters. The Bertz CT molecular complexity index is 190. The van der Waals surface area contributed by atoms with Crippen molar-refractivity contribution in [2.75, 3.05) is 7.11 Å². The second-order valence-electron chi connectivity index (χ2n) is 3.65. The predicted octanol–water partition coefficient (Wildman–Crippen LogP) is 1.12. The van der Waals surface area contributed by atoms with E-state index in [0.29, 0.717) is 24.5 Å². The lowest BCUT2D eigenvalue weighted by molar-refractivity contribution is -0.142. The van der Waals surface area contributed by atoms with E-state index in [-0.39, 0.29) is 5.97 Å². The van der Waals surface area contributed by atoms with Gasteiger partial charge in [-0.3, -0.25) is 4.79 Å². The first-order valence-corrected chi connectivity index (χ1v) is 4.52. The van der Waals surface area contributed by atoms with Crippen LogP contribution in [-0.4, -0.2) is 25.3 Å². The van der Waals surface area contributed by atoms with E-state index in [2.05, 4.69) is 4.74 Å². The average Bonchev–Trinajstić information content (AvgIpc) is 2.64. The summed E-state index contributed by atoms with van der Waals surface area (Å²) < 4.78 is 10.2. The number of methoxy groups -OCH3 is 1. The molecule has 2 aliphatic heterocycles. The van der Waals surface area contributed by atoms with Crippen molar-refractivity contribution in [3.63, 3.8) is 0 Å². The molecule has 0 saturated carbocycles. The molecule has 2 heterocycles. The summed E-state index contributed by atoms with van der Waals surface area (Å²) in [6.07, 6.45) is 4.69. The van der Waals surface area contributed by atoms with E-state index in [1.165, 1.54) is 13.5 Å². The molecule has 12 heavy (non-hydrogen) atoms. The van der Waals surface area contributed by atoms with Gasteiger partial charge in [0.1, 0.15) is 0 Å². The van der Waals surface area contributed by atoms with Gasteiger partial charge in [0.15, 0.2) is 0 Å². The van der Waals surface area contributed by atoms with Gasteiger partial charge < -0.3 is 9.47 Å². The molecule has 0 amide bonds. The quantitative estimate of drug-likeness (QED) is 0.582. The number of hydrogen-bond acceptors (Lipinski definition) is 3. The zero-order valence-electron chi connectivity index (χ0n) is 7.29. The van der Waals surface area contributed by atoms with Gasteiger partial charge in [-0.25, -0.2) is 0 Å². The van der Waals surface area contributed by atoms with Crippen molar-refractivity contribution in [3.05, 3.63) is 0 Å². The summed E-state index contributed by atoms with van der Waals surface area (Å²) in [5.41, 5.74) is 0. The Kier molecular flexibility index (Phi) is 2.05. The van der Waals surface area contributed by atoms with Gasteiger partial charge in [-0.1, -0.05) is 0 Å². The van der Waals surface area contributed by atoms with Crippen molar-refractivity contribution >= 4 is 5.97 Å². The van der Waals surface area contributed by atoms with Crippen molar-refractivity contribution in [1.29, 1.82) is 0 Å². The van der Waals surface area contributed by atoms with Crippen LogP contribution in [0, 0.1) is 5.92 Å². The Morgan fingerprint density at radius 1 is 1.58 bits per heavy atom. The van der Waals surface area contributed by atoms with Crippen LogP contribution in [0.1, 0.15) is 25.7 Å². The highest BCUT2D eigenvalue weighted by Crippen LogP contribution is 2.40. The maximum absolute atomic E-state index is 11.0. The van der Waals surface area contributed by atoms with E-state index in [1.54, 1.807) is 0 Å². The minimum atomic E-state index is -0.101. The Labute approximate surface area is 72.0 Å². The van der Waals surface area contributed by atoms with Gasteiger partial charge in [0, 0.05) is 0 Å². The monoisotopic (exact) mass is 170 g/mol. The molecule has 2 rings (SSSR count). The average molecular weight is 170 g/mol. The largest absolute Gasteiger partial charge is 0.469 e. The Morgan fingerprint density at radius 3 is 2.92 bits per heavy atom. The zero-order valence-corrected chi connectivity index (χ0v) is 7.29. The van der Waals surface area contributed by atoms with Crippen molar-refractivity contribution in [1.82, 2.24) is 0 Å². The number of hydrogen-bond donors (Lipinski definition) is 0. The Balaban J connectivity index is 1.86. The summed E-state index contributed by atoms with van der Waals surface area (Å²) in [7, 11) is 1.44. The van der Waals surface area contributed by atoms with Crippen LogP contribution in [0.25, 0.3) is 0 Å². The van der Waals surface area contributed by atoms with Gasteiger partial charge in [0.25, 0.3) is 0 Å². The molecule has 0 aliphatic carbocycles. The Hall–Kier alpha value is -0.570. The topological polar surface area (TPSA) is 35.5 Å². The van der Waals surface area contributed by atoms with E-state index >= 15 is 0 Å². The fourth-order valence-corrected chi connectivity index (χ4v) is 2.26. The molecule has 0 aromatic heterocycles. The number of carbonyl (C=O) groups is 1. The number of carbonyl (C=O) groups excluding carboxylic acids is 1. The highest BCUT2D eigenvalue weighted by atomic mass is 16.5. The number of rotatable bonds is 2. The predicted molar refractivity (Wildman–Crippen MR) is 42.6 cm³/mol. The van der Waals surface area contributed by atoms with E-state index in [0.717, 1.165) is 12.8 Å². The fourth-order valence-electron chi connectivity index (χ4n) is 2.26. The SMILES string of the molecule is COC(=O)C[C@@H]1CC2CC[C@H]1O2. The first-order valence-electron chi connectivity index (χ1n) is 4.52. The first-order chi connectivity index (χ1) is 5.79. The molecule has 0 N–H and O–H groups in total. The zero-order chi connectivity index (χ0) is 8.55. The van der Waals surface area contributed by atoms with Gasteiger partial charge in [-0.15, -0.1) is 0 Å². The second-order valence-corrected chi connectivity index (χ2v) is 3.65. The summed E-state index contributed by atoms with van der Waals surface area (Å²) >= 11 is 0. The molecule has 0 aromatic carbocycles. The molecular formula is C9H14O3. The summed E-state index contributed by atoms with van der Waals surface area (Å²) in [5.74, 6) is 0.326. The molecule has 2 aliphatic rings. The third-order valence-electron chi connectivity index (χ3n) is 2.89. The molecule has 2 bridgehead atoms. The first kappa shape index (κ1) is 8.05. The standard InChI is InChI=1S/C9H14O3/c1-11-9(10)5-6-4-7-2-3-8(6)12-7/h6-8H,2-5H2,1H3/t6-,7?,8+/m0/s1. The normalized spacial score (nSPS) is 38.6. The highest BCUT2D eigenvalue weighted by molar-refractivity contribution is 5.69. The molecule has 2 saturated heterocycles. The summed E-state index contributed by atoms with van der Waals surface area (Å²) in [4.78, 5) is 11.0. The van der Waals surface area contributed by atoms with Crippen LogP contribution in [0.2, 0.25) is 0 Å². The molecular weight excluding hydrogens is 156 g/mol. The molecule has 2 fully saturated rings. The molecule has 3 heteroatoms. The maximum atomic E-state index is 11.0. The third kappa shape index (κ3) is 1.33. The van der Waals surface area contributed by atoms with E-state index < -0.39 is 0 Å². The summed E-state index contributed by atoms with van der Waals surface area (Å²) in [6, 6.07) is 0. The minimum absolute atomic E-state index is 0.101. The number of esters is 1. The van der Waals surface area contributed by atoms with Crippen LogP contribution in [0.4, 0.5) is 0 Å². The number of ether oxygens (including phenoxy) is 2. The molecule has 0 aromatic rings. The maximum Gasteiger partial charge on any atom is 0.305 e. The van der Waals surface area contributed by atoms with Crippen LogP contribution >= 0.6 is 0 Å². The van der Waals surface area contributed by atoms with Crippen LogP contribution in [0.5, 0.6) is 0 Å². The smallest absolute Gasteiger partial charge is 0.305 e. The lowest BCUT2D eigenvalue weighted by atomic mass is 9.87. The van der Waals surface area contributed by atoms with Gasteiger partial charge in [-0.05, 0) is 25.2 Å². The van der Waals surface area contributed by atoms with E-state index in [4.69, 9.17) is 4.74 Å². The summed E-state index contributed by atoms with van der Waals surface area (Å²) in [5, 5.41) is 0. The van der Waals surface area contributed by atoms with E-state index in [9.17, 15) is 4.79 Å². The van der Waals surface area contributed by atoms with Crippen LogP contribution in [0.3, 0.4) is 0 Å². The van der Waals surface area contributed by atoms with Crippen LogP contribution in [-0.2, 0) is 14.3 Å². The summed E-state index contributed by atoms with van der Waals surface area (Å²) in [6.45, 7) is 0. The van der Waals surface area contributed by atoms with Crippen molar-refractivity contribution in [2.45, 2.75) is 37.9 Å². The lowest BCUT2D eigenvalue weighted by Gasteiger charge is -2.16. The molecule has 0 radical (unpaired) electrons. The van der Waals surface area contributed by atoms with E-state index in [1.807, 2.05) is 0 Å². The Morgan fingerprint density at radius 2 is 2.42 bits per heavy atom. The fraction of sp³-hybridized carbons (Fsp3) is 0.889. The van der Waals surface area contributed by atoms with Gasteiger partial charge in [-0.2, -0.15) is 0 Å². The van der Waals surface area contributed by atoms with Crippen molar-refractivity contribution < 1.29 is 14.3 Å². The molecule has 3 atom stereocenters.